The zero-order valence-electron chi connectivity index (χ0n) is 7.38. The largest absolute Gasteiger partial charge is 0.232 e. The molecule has 1 aromatic heterocycles. The third-order valence-corrected chi connectivity index (χ3v) is 1.91. The first-order valence-electron chi connectivity index (χ1n) is 4.11. The van der Waals surface area contributed by atoms with Gasteiger partial charge in [0.05, 0.1) is 0 Å². The Labute approximate surface area is 76.2 Å². The van der Waals surface area contributed by atoms with Gasteiger partial charge in [0.2, 0.25) is 0 Å². The molecule has 0 saturated heterocycles. The van der Waals surface area contributed by atoms with Crippen molar-refractivity contribution >= 4 is 0 Å². The maximum atomic E-state index is 3.91. The lowest BCUT2D eigenvalue weighted by Gasteiger charge is -1.97. The normalized spacial score (nSPS) is 10.2. The summed E-state index contributed by atoms with van der Waals surface area (Å²) in [6, 6.07) is 10.2. The summed E-state index contributed by atoms with van der Waals surface area (Å²) >= 11 is 0. The van der Waals surface area contributed by atoms with Gasteiger partial charge in [0.1, 0.15) is 0 Å². The van der Waals surface area contributed by atoms with Crippen LogP contribution in [0.4, 0.5) is 0 Å². The van der Waals surface area contributed by atoms with Gasteiger partial charge in [-0.3, -0.25) is 0 Å². The fraction of sp³-hybridized carbons (Fsp3) is 0.222. The Hall–Kier alpha value is -1.71. The summed E-state index contributed by atoms with van der Waals surface area (Å²) < 4.78 is 1.69. The molecule has 0 N–H and O–H groups in total. The monoisotopic (exact) mass is 174 g/mol. The number of rotatable bonds is 2. The Morgan fingerprint density at radius 2 is 2.00 bits per heavy atom. The lowest BCUT2D eigenvalue weighted by Crippen LogP contribution is -2.00. The number of aryl methyl sites for hydroxylation is 1. The molecular formula is C9H10N4. The van der Waals surface area contributed by atoms with Crippen LogP contribution in [0.5, 0.6) is 0 Å². The van der Waals surface area contributed by atoms with Crippen LogP contribution in [-0.2, 0) is 13.5 Å². The zero-order chi connectivity index (χ0) is 9.10. The molecule has 13 heavy (non-hydrogen) atoms. The fourth-order valence-electron chi connectivity index (χ4n) is 1.18. The minimum Gasteiger partial charge on any atom is -0.232 e. The second kappa shape index (κ2) is 3.35. The molecule has 0 aliphatic carbocycles. The maximum absolute atomic E-state index is 3.91. The number of nitrogens with zero attached hydrogens (tertiary/aromatic N) is 4. The third kappa shape index (κ3) is 1.72. The van der Waals surface area contributed by atoms with Crippen LogP contribution < -0.4 is 0 Å². The van der Waals surface area contributed by atoms with E-state index in [0.29, 0.717) is 0 Å². The highest BCUT2D eigenvalue weighted by Gasteiger charge is 2.01. The summed E-state index contributed by atoms with van der Waals surface area (Å²) in [5.41, 5.74) is 1.22. The molecule has 0 aliphatic rings. The molecule has 1 aromatic carbocycles. The van der Waals surface area contributed by atoms with Crippen molar-refractivity contribution in [3.63, 3.8) is 0 Å². The molecule has 0 atom stereocenters. The number of tetrazole rings is 1. The first kappa shape index (κ1) is 7.91. The number of benzene rings is 1. The van der Waals surface area contributed by atoms with Crippen molar-refractivity contribution in [2.45, 2.75) is 6.42 Å². The summed E-state index contributed by atoms with van der Waals surface area (Å²) in [7, 11) is 1.85. The molecule has 0 unspecified atom stereocenters. The third-order valence-electron chi connectivity index (χ3n) is 1.91. The van der Waals surface area contributed by atoms with Gasteiger partial charge in [-0.2, -0.15) is 0 Å². The Morgan fingerprint density at radius 3 is 2.62 bits per heavy atom. The van der Waals surface area contributed by atoms with Crippen molar-refractivity contribution < 1.29 is 0 Å². The van der Waals surface area contributed by atoms with E-state index in [1.807, 2.05) is 25.2 Å². The molecule has 4 nitrogen and oxygen atoms in total. The SMILES string of the molecule is Cn1nnnc1Cc1ccccc1. The van der Waals surface area contributed by atoms with Gasteiger partial charge in [-0.15, -0.1) is 5.10 Å². The highest BCUT2D eigenvalue weighted by molar-refractivity contribution is 5.18. The van der Waals surface area contributed by atoms with E-state index in [9.17, 15) is 0 Å². The smallest absolute Gasteiger partial charge is 0.155 e. The molecule has 0 saturated carbocycles. The Morgan fingerprint density at radius 1 is 1.23 bits per heavy atom. The number of hydrogen-bond acceptors (Lipinski definition) is 3. The highest BCUT2D eigenvalue weighted by Crippen LogP contribution is 2.04. The van der Waals surface area contributed by atoms with E-state index in [0.717, 1.165) is 12.2 Å². The summed E-state index contributed by atoms with van der Waals surface area (Å²) in [5, 5.41) is 11.3. The van der Waals surface area contributed by atoms with Crippen molar-refractivity contribution in [1.82, 2.24) is 20.2 Å². The fourth-order valence-corrected chi connectivity index (χ4v) is 1.18. The van der Waals surface area contributed by atoms with Crippen LogP contribution in [0.25, 0.3) is 0 Å². The summed E-state index contributed by atoms with van der Waals surface area (Å²) in [5.74, 6) is 0.881. The van der Waals surface area contributed by atoms with Crippen LogP contribution >= 0.6 is 0 Å². The standard InChI is InChI=1S/C9H10N4/c1-13-9(10-11-12-13)7-8-5-3-2-4-6-8/h2-6H,7H2,1H3. The predicted octanol–water partition coefficient (Wildman–Crippen LogP) is 0.801. The molecule has 0 radical (unpaired) electrons. The van der Waals surface area contributed by atoms with Crippen LogP contribution in [0, 0.1) is 0 Å². The molecule has 0 aliphatic heterocycles. The van der Waals surface area contributed by atoms with Gasteiger partial charge in [-0.1, -0.05) is 30.3 Å². The second-order valence-corrected chi connectivity index (χ2v) is 2.88. The van der Waals surface area contributed by atoms with Crippen LogP contribution in [0.3, 0.4) is 0 Å². The molecule has 0 bridgehead atoms. The maximum Gasteiger partial charge on any atom is 0.155 e. The van der Waals surface area contributed by atoms with Gasteiger partial charge in [0, 0.05) is 13.5 Å². The molecule has 0 spiro atoms. The van der Waals surface area contributed by atoms with Crippen LogP contribution in [0.1, 0.15) is 11.4 Å². The second-order valence-electron chi connectivity index (χ2n) is 2.88. The van der Waals surface area contributed by atoms with Crippen LogP contribution in [0.15, 0.2) is 30.3 Å². The molecule has 0 amide bonds. The van der Waals surface area contributed by atoms with E-state index in [1.165, 1.54) is 5.56 Å². The molecule has 66 valence electrons. The Bertz CT molecular complexity index is 380. The quantitative estimate of drug-likeness (QED) is 0.676. The van der Waals surface area contributed by atoms with E-state index in [-0.39, 0.29) is 0 Å². The summed E-state index contributed by atoms with van der Waals surface area (Å²) in [6.07, 6.45) is 0.782. The molecule has 2 rings (SSSR count). The van der Waals surface area contributed by atoms with Crippen molar-refractivity contribution in [3.8, 4) is 0 Å². The molecule has 1 heterocycles. The first-order valence-corrected chi connectivity index (χ1v) is 4.11. The Balaban J connectivity index is 2.20. The molecule has 4 heteroatoms. The number of aromatic nitrogens is 4. The molecule has 2 aromatic rings. The van der Waals surface area contributed by atoms with Crippen LogP contribution in [0.2, 0.25) is 0 Å². The first-order chi connectivity index (χ1) is 6.36. The predicted molar refractivity (Wildman–Crippen MR) is 48.0 cm³/mol. The van der Waals surface area contributed by atoms with E-state index in [2.05, 4.69) is 27.7 Å². The van der Waals surface area contributed by atoms with Crippen molar-refractivity contribution in [3.05, 3.63) is 41.7 Å². The number of hydrogen-bond donors (Lipinski definition) is 0. The van der Waals surface area contributed by atoms with E-state index < -0.39 is 0 Å². The Kier molecular flexibility index (Phi) is 2.04. The van der Waals surface area contributed by atoms with Gasteiger partial charge in [-0.25, -0.2) is 4.68 Å². The summed E-state index contributed by atoms with van der Waals surface area (Å²) in [4.78, 5) is 0. The van der Waals surface area contributed by atoms with Gasteiger partial charge < -0.3 is 0 Å². The minimum absolute atomic E-state index is 0.782. The topological polar surface area (TPSA) is 43.6 Å². The van der Waals surface area contributed by atoms with Crippen molar-refractivity contribution in [2.24, 2.45) is 7.05 Å². The van der Waals surface area contributed by atoms with Gasteiger partial charge >= 0.3 is 0 Å². The molecule has 0 fully saturated rings. The highest BCUT2D eigenvalue weighted by atomic mass is 15.5. The zero-order valence-corrected chi connectivity index (χ0v) is 7.38. The average molecular weight is 174 g/mol. The van der Waals surface area contributed by atoms with E-state index in [1.54, 1.807) is 4.68 Å². The average Bonchev–Trinajstić information content (AvgIpc) is 2.54. The van der Waals surface area contributed by atoms with Crippen LogP contribution in [-0.4, -0.2) is 20.2 Å². The van der Waals surface area contributed by atoms with Gasteiger partial charge in [-0.05, 0) is 16.0 Å². The van der Waals surface area contributed by atoms with E-state index in [4.69, 9.17) is 0 Å². The summed E-state index contributed by atoms with van der Waals surface area (Å²) in [6.45, 7) is 0. The van der Waals surface area contributed by atoms with Crippen molar-refractivity contribution in [1.29, 1.82) is 0 Å². The molecular weight excluding hydrogens is 164 g/mol. The lowest BCUT2D eigenvalue weighted by atomic mass is 10.1. The van der Waals surface area contributed by atoms with E-state index >= 15 is 0 Å². The minimum atomic E-state index is 0.782. The van der Waals surface area contributed by atoms with Gasteiger partial charge in [0.15, 0.2) is 5.82 Å². The lowest BCUT2D eigenvalue weighted by molar-refractivity contribution is 0.686. The van der Waals surface area contributed by atoms with Gasteiger partial charge in [0.25, 0.3) is 0 Å². The van der Waals surface area contributed by atoms with Crippen molar-refractivity contribution in [2.75, 3.05) is 0 Å².